The summed E-state index contributed by atoms with van der Waals surface area (Å²) in [5.41, 5.74) is -0.361. The van der Waals surface area contributed by atoms with Crippen LogP contribution in [0.5, 0.6) is 5.88 Å². The van der Waals surface area contributed by atoms with E-state index in [4.69, 9.17) is 5.11 Å². The Bertz CT molecular complexity index is 530. The van der Waals surface area contributed by atoms with Crippen molar-refractivity contribution in [3.63, 3.8) is 0 Å². The second kappa shape index (κ2) is 3.89. The van der Waals surface area contributed by atoms with E-state index in [0.29, 0.717) is 0 Å². The Morgan fingerprint density at radius 2 is 1.81 bits per heavy atom. The monoisotopic (exact) mass is 218 g/mol. The fourth-order valence-corrected chi connectivity index (χ4v) is 1.05. The molecule has 0 aromatic carbocycles. The minimum atomic E-state index is -1.29. The summed E-state index contributed by atoms with van der Waals surface area (Å²) < 4.78 is 0. The van der Waals surface area contributed by atoms with E-state index >= 15 is 0 Å². The van der Waals surface area contributed by atoms with Gasteiger partial charge in [-0.3, -0.25) is 0 Å². The number of hydrogen-bond acceptors (Lipinski definition) is 6. The molecule has 0 aliphatic heterocycles. The third kappa shape index (κ3) is 1.78. The minimum Gasteiger partial charge on any atom is -0.493 e. The highest BCUT2D eigenvalue weighted by Gasteiger charge is 2.14. The fraction of sp³-hybridized carbons (Fsp3) is 0. The lowest BCUT2D eigenvalue weighted by molar-refractivity contribution is 0.0692. The Hall–Kier alpha value is -2.57. The third-order valence-corrected chi connectivity index (χ3v) is 1.76. The van der Waals surface area contributed by atoms with Gasteiger partial charge in [0.2, 0.25) is 11.7 Å². The van der Waals surface area contributed by atoms with E-state index in [-0.39, 0.29) is 17.2 Å². The Balaban J connectivity index is 2.46. The molecule has 2 aromatic heterocycles. The van der Waals surface area contributed by atoms with Gasteiger partial charge in [0.15, 0.2) is 5.82 Å². The molecule has 2 aromatic rings. The number of carbonyl (C=O) groups is 1. The maximum Gasteiger partial charge on any atom is 0.342 e. The minimum absolute atomic E-state index is 0.0723. The van der Waals surface area contributed by atoms with E-state index in [1.54, 1.807) is 6.07 Å². The highest BCUT2D eigenvalue weighted by Crippen LogP contribution is 2.16. The van der Waals surface area contributed by atoms with Crippen molar-refractivity contribution in [2.45, 2.75) is 0 Å². The molecule has 0 atom stereocenters. The zero-order valence-electron chi connectivity index (χ0n) is 7.90. The molecule has 16 heavy (non-hydrogen) atoms. The molecule has 7 nitrogen and oxygen atoms in total. The standard InChI is InChI=1S/C9H6N4O3/c14-8-5(9(15)16)4-12-7(13-8)6-10-2-1-3-11-6/h1-4H,(H,15,16)(H,12,13,14). The molecule has 0 bridgehead atoms. The molecule has 0 aliphatic carbocycles. The van der Waals surface area contributed by atoms with Crippen LogP contribution in [-0.2, 0) is 0 Å². The van der Waals surface area contributed by atoms with Crippen LogP contribution in [0.2, 0.25) is 0 Å². The summed E-state index contributed by atoms with van der Waals surface area (Å²) in [5, 5.41) is 18.0. The number of aromatic carboxylic acids is 1. The van der Waals surface area contributed by atoms with Crippen LogP contribution in [0, 0.1) is 0 Å². The molecule has 80 valence electrons. The molecule has 0 amide bonds. The molecule has 0 fully saturated rings. The summed E-state index contributed by atoms with van der Waals surface area (Å²) in [6.45, 7) is 0. The van der Waals surface area contributed by atoms with Gasteiger partial charge in [0.25, 0.3) is 0 Å². The van der Waals surface area contributed by atoms with Crippen molar-refractivity contribution in [3.8, 4) is 17.5 Å². The van der Waals surface area contributed by atoms with Gasteiger partial charge in [0.05, 0.1) is 0 Å². The van der Waals surface area contributed by atoms with E-state index in [0.717, 1.165) is 6.20 Å². The molecule has 0 saturated carbocycles. The van der Waals surface area contributed by atoms with E-state index in [1.165, 1.54) is 12.4 Å². The molecule has 0 radical (unpaired) electrons. The van der Waals surface area contributed by atoms with Crippen LogP contribution in [-0.4, -0.2) is 36.1 Å². The number of aromatic nitrogens is 4. The second-order valence-electron chi connectivity index (χ2n) is 2.81. The van der Waals surface area contributed by atoms with Crippen molar-refractivity contribution in [1.29, 1.82) is 0 Å². The normalized spacial score (nSPS) is 10.0. The van der Waals surface area contributed by atoms with Crippen LogP contribution in [0.4, 0.5) is 0 Å². The van der Waals surface area contributed by atoms with Gasteiger partial charge in [0, 0.05) is 18.6 Å². The van der Waals surface area contributed by atoms with E-state index in [1.807, 2.05) is 0 Å². The summed E-state index contributed by atoms with van der Waals surface area (Å²) in [4.78, 5) is 25.7. The van der Waals surface area contributed by atoms with Gasteiger partial charge in [-0.1, -0.05) is 0 Å². The Labute approximate surface area is 89.5 Å². The smallest absolute Gasteiger partial charge is 0.342 e. The molecule has 0 unspecified atom stereocenters. The van der Waals surface area contributed by atoms with Crippen LogP contribution in [0.25, 0.3) is 11.6 Å². The Morgan fingerprint density at radius 3 is 2.38 bits per heavy atom. The number of hydrogen-bond donors (Lipinski definition) is 2. The first-order valence-electron chi connectivity index (χ1n) is 4.25. The number of carboxylic acids is 1. The fourth-order valence-electron chi connectivity index (χ4n) is 1.05. The molecule has 0 saturated heterocycles. The Morgan fingerprint density at radius 1 is 1.12 bits per heavy atom. The largest absolute Gasteiger partial charge is 0.493 e. The lowest BCUT2D eigenvalue weighted by Crippen LogP contribution is -2.02. The van der Waals surface area contributed by atoms with Gasteiger partial charge in [-0.2, -0.15) is 4.98 Å². The zero-order valence-corrected chi connectivity index (χ0v) is 7.90. The summed E-state index contributed by atoms with van der Waals surface area (Å²) in [6, 6.07) is 1.62. The molecule has 2 rings (SSSR count). The van der Waals surface area contributed by atoms with Crippen molar-refractivity contribution >= 4 is 5.97 Å². The van der Waals surface area contributed by atoms with Crippen molar-refractivity contribution < 1.29 is 15.0 Å². The van der Waals surface area contributed by atoms with Crippen molar-refractivity contribution in [2.75, 3.05) is 0 Å². The molecule has 7 heteroatoms. The van der Waals surface area contributed by atoms with E-state index < -0.39 is 11.8 Å². The topological polar surface area (TPSA) is 109 Å². The molecular weight excluding hydrogens is 212 g/mol. The lowest BCUT2D eigenvalue weighted by atomic mass is 10.3. The first-order chi connectivity index (χ1) is 7.68. The summed E-state index contributed by atoms with van der Waals surface area (Å²) in [5.74, 6) is -1.61. The average Bonchev–Trinajstić information content (AvgIpc) is 2.29. The molecular formula is C9H6N4O3. The van der Waals surface area contributed by atoms with Gasteiger partial charge in [0.1, 0.15) is 5.56 Å². The Kier molecular flexibility index (Phi) is 2.42. The molecule has 2 N–H and O–H groups in total. The van der Waals surface area contributed by atoms with Crippen LogP contribution < -0.4 is 0 Å². The number of nitrogens with zero attached hydrogens (tertiary/aromatic N) is 4. The van der Waals surface area contributed by atoms with Gasteiger partial charge in [-0.25, -0.2) is 19.7 Å². The van der Waals surface area contributed by atoms with Crippen molar-refractivity contribution in [1.82, 2.24) is 19.9 Å². The quantitative estimate of drug-likeness (QED) is 0.747. The van der Waals surface area contributed by atoms with Crippen LogP contribution in [0.1, 0.15) is 10.4 Å². The van der Waals surface area contributed by atoms with E-state index in [9.17, 15) is 9.90 Å². The average molecular weight is 218 g/mol. The number of carboxylic acid groups (broad SMARTS) is 1. The zero-order chi connectivity index (χ0) is 11.5. The summed E-state index contributed by atoms with van der Waals surface area (Å²) in [7, 11) is 0. The molecule has 0 spiro atoms. The summed E-state index contributed by atoms with van der Waals surface area (Å²) >= 11 is 0. The van der Waals surface area contributed by atoms with Gasteiger partial charge in [-0.15, -0.1) is 0 Å². The highest BCUT2D eigenvalue weighted by molar-refractivity contribution is 5.89. The second-order valence-corrected chi connectivity index (χ2v) is 2.81. The third-order valence-electron chi connectivity index (χ3n) is 1.76. The molecule has 0 aliphatic rings. The van der Waals surface area contributed by atoms with Crippen molar-refractivity contribution in [2.24, 2.45) is 0 Å². The van der Waals surface area contributed by atoms with Crippen molar-refractivity contribution in [3.05, 3.63) is 30.2 Å². The van der Waals surface area contributed by atoms with Gasteiger partial charge in [-0.05, 0) is 6.07 Å². The number of aromatic hydroxyl groups is 1. The highest BCUT2D eigenvalue weighted by atomic mass is 16.4. The number of rotatable bonds is 2. The predicted molar refractivity (Wildman–Crippen MR) is 51.7 cm³/mol. The van der Waals surface area contributed by atoms with Gasteiger partial charge >= 0.3 is 5.97 Å². The van der Waals surface area contributed by atoms with Crippen LogP contribution >= 0.6 is 0 Å². The van der Waals surface area contributed by atoms with Crippen LogP contribution in [0.3, 0.4) is 0 Å². The first kappa shape index (κ1) is 9.97. The SMILES string of the molecule is O=C(O)c1cnc(-c2ncccn2)nc1O. The lowest BCUT2D eigenvalue weighted by Gasteiger charge is -2.00. The van der Waals surface area contributed by atoms with Crippen LogP contribution in [0.15, 0.2) is 24.7 Å². The maximum absolute atomic E-state index is 10.6. The predicted octanol–water partition coefficient (Wildman–Crippen LogP) is 0.337. The summed E-state index contributed by atoms with van der Waals surface area (Å²) in [6.07, 6.45) is 4.00. The van der Waals surface area contributed by atoms with Gasteiger partial charge < -0.3 is 10.2 Å². The maximum atomic E-state index is 10.6. The molecule has 2 heterocycles. The van der Waals surface area contributed by atoms with E-state index in [2.05, 4.69) is 19.9 Å². The first-order valence-corrected chi connectivity index (χ1v) is 4.25.